The van der Waals surface area contributed by atoms with Crippen molar-refractivity contribution in [2.24, 2.45) is 5.41 Å². The number of rotatable bonds is 11. The number of para-hydroxylation sites is 1. The molecule has 3 aromatic carbocycles. The summed E-state index contributed by atoms with van der Waals surface area (Å²) in [6.45, 7) is 7.15. The highest BCUT2D eigenvalue weighted by Gasteiger charge is 2.31. The van der Waals surface area contributed by atoms with Crippen LogP contribution in [0.15, 0.2) is 91.1 Å². The van der Waals surface area contributed by atoms with E-state index in [2.05, 4.69) is 58.1 Å². The first-order valence-electron chi connectivity index (χ1n) is 15.3. The monoisotopic (exact) mass is 737 g/mol. The van der Waals surface area contributed by atoms with Crippen LogP contribution in [-0.4, -0.2) is 45.6 Å². The first kappa shape index (κ1) is 36.0. The highest BCUT2D eigenvalue weighted by molar-refractivity contribution is 7.54. The second kappa shape index (κ2) is 16.4. The maximum Gasteiger partial charge on any atom is 0.643 e. The molecule has 0 saturated carbocycles. The molecule has 0 bridgehead atoms. The van der Waals surface area contributed by atoms with Crippen LogP contribution in [0.2, 0.25) is 0 Å². The average Bonchev–Trinajstić information content (AvgIpc) is 3.64. The summed E-state index contributed by atoms with van der Waals surface area (Å²) in [5.41, 5.74) is 5.71. The smallest absolute Gasteiger partial charge is 0.486 e. The van der Waals surface area contributed by atoms with Crippen LogP contribution in [0, 0.1) is 5.41 Å². The van der Waals surface area contributed by atoms with Crippen molar-refractivity contribution in [1.82, 2.24) is 14.5 Å². The minimum absolute atomic E-state index is 0.200. The molecule has 0 atom stereocenters. The van der Waals surface area contributed by atoms with Gasteiger partial charge >= 0.3 is 17.4 Å². The summed E-state index contributed by atoms with van der Waals surface area (Å²) in [5, 5.41) is 2.00. The molecule has 0 saturated heterocycles. The van der Waals surface area contributed by atoms with Crippen LogP contribution in [0.4, 0.5) is 0 Å². The topological polar surface area (TPSA) is 75.5 Å². The lowest BCUT2D eigenvalue weighted by Gasteiger charge is -2.23. The van der Waals surface area contributed by atoms with Crippen molar-refractivity contribution in [2.75, 3.05) is 13.7 Å². The Labute approximate surface area is 301 Å². The normalized spacial score (nSPS) is 11.2. The Balaban J connectivity index is 0.00000107. The van der Waals surface area contributed by atoms with Gasteiger partial charge in [-0.3, -0.25) is 4.79 Å². The number of methoxy groups -OCH3 is 1. The number of benzene rings is 3. The molecule has 0 spiro atoms. The largest absolute Gasteiger partial charge is 0.643 e. The lowest BCUT2D eigenvalue weighted by atomic mass is 9.88. The van der Waals surface area contributed by atoms with Crippen LogP contribution < -0.4 is 9.47 Å². The lowest BCUT2D eigenvalue weighted by molar-refractivity contribution is -0.153. The summed E-state index contributed by atoms with van der Waals surface area (Å²) in [7, 11) is 16.4. The van der Waals surface area contributed by atoms with E-state index in [1.165, 1.54) is 0 Å². The minimum Gasteiger partial charge on any atom is -0.486 e. The van der Waals surface area contributed by atoms with E-state index in [4.69, 9.17) is 49.3 Å². The van der Waals surface area contributed by atoms with Gasteiger partial charge in [-0.25, -0.2) is 40.1 Å². The molecular weight excluding hydrogens is 704 g/mol. The van der Waals surface area contributed by atoms with E-state index >= 15 is 0 Å². The van der Waals surface area contributed by atoms with E-state index in [9.17, 15) is 4.79 Å². The molecule has 0 aliphatic heterocycles. The molecule has 12 heteroatoms. The number of halogens is 3. The van der Waals surface area contributed by atoms with Gasteiger partial charge in [0.05, 0.1) is 29.3 Å². The molecule has 48 heavy (non-hydrogen) atoms. The first-order valence-corrected chi connectivity index (χ1v) is 21.4. The molecule has 0 amide bonds. The number of aromatic nitrogens is 3. The molecular formula is C36H35AlCl3N3O4S. The highest BCUT2D eigenvalue weighted by atomic mass is 35.8. The van der Waals surface area contributed by atoms with E-state index in [-0.39, 0.29) is 5.97 Å². The van der Waals surface area contributed by atoms with Crippen LogP contribution in [0.3, 0.4) is 0 Å². The van der Waals surface area contributed by atoms with Gasteiger partial charge in [0.25, 0.3) is 0 Å². The third-order valence-corrected chi connectivity index (χ3v) is 8.69. The van der Waals surface area contributed by atoms with Crippen molar-refractivity contribution in [3.63, 3.8) is 0 Å². The quantitative estimate of drug-likeness (QED) is 0.0974. The van der Waals surface area contributed by atoms with Gasteiger partial charge < -0.3 is 18.8 Å². The lowest BCUT2D eigenvalue weighted by Crippen LogP contribution is -2.30. The first-order chi connectivity index (χ1) is 23.1. The summed E-state index contributed by atoms with van der Waals surface area (Å²) in [4.78, 5) is 21.9. The molecule has 0 radical (unpaired) electrons. The zero-order valence-corrected chi connectivity index (χ0v) is 31.3. The molecule has 3 heterocycles. The average molecular weight is 739 g/mol. The fourth-order valence-corrected chi connectivity index (χ4v) is 6.24. The van der Waals surface area contributed by atoms with Crippen molar-refractivity contribution in [3.05, 3.63) is 107 Å². The Bertz CT molecular complexity index is 1940. The van der Waals surface area contributed by atoms with Crippen molar-refractivity contribution in [3.8, 4) is 22.8 Å². The van der Waals surface area contributed by atoms with E-state index < -0.39 is 16.8 Å². The molecule has 6 aromatic rings. The minimum atomic E-state index is -1.72. The summed E-state index contributed by atoms with van der Waals surface area (Å²) >= 11 is -0.0733. The van der Waals surface area contributed by atoms with Gasteiger partial charge in [0.2, 0.25) is 5.88 Å². The summed E-state index contributed by atoms with van der Waals surface area (Å²) in [5.74, 6) is 1.17. The molecule has 3 aromatic heterocycles. The molecule has 0 aliphatic rings. The van der Waals surface area contributed by atoms with Gasteiger partial charge in [-0.15, -0.1) is 11.3 Å². The second-order valence-electron chi connectivity index (χ2n) is 11.6. The summed E-state index contributed by atoms with van der Waals surface area (Å²) in [6.07, 6.45) is 2.36. The Hall–Kier alpha value is -3.29. The number of carbonyl (C=O) groups excluding carboxylic acids is 1. The molecule has 0 fully saturated rings. The predicted molar refractivity (Wildman–Crippen MR) is 199 cm³/mol. The van der Waals surface area contributed by atoms with Crippen LogP contribution in [0.1, 0.15) is 37.0 Å². The van der Waals surface area contributed by atoms with Gasteiger partial charge in [0.1, 0.15) is 17.4 Å². The van der Waals surface area contributed by atoms with E-state index in [1.807, 2.05) is 63.4 Å². The highest BCUT2D eigenvalue weighted by Crippen LogP contribution is 2.32. The number of ether oxygens (including phenoxy) is 3. The van der Waals surface area contributed by atoms with Crippen LogP contribution in [0.25, 0.3) is 32.2 Å². The molecule has 6 rings (SSSR count). The number of thiazole rings is 1. The number of fused-ring (bicyclic) bond motifs is 2. The standard InChI is InChI=1S/C36H35N3O4S.Al.3ClH/c1-5-42-35(40)36(2,3)20-28-18-27-19-29(43-23-34-38-30-8-6-7-9-32(30)44-34)15-16-31(27)39(28)22-24-10-12-25(13-11-24)26-14-17-33(41-4)37-21-26;;;;/h6-19,21H,5,20,22-23H2,1-4H3;;3*1H/q;+3;;;/p-3. The number of esters is 1. The maximum atomic E-state index is 12.8. The number of hydrogen-bond acceptors (Lipinski definition) is 7. The zero-order valence-electron chi connectivity index (χ0n) is 27.1. The van der Waals surface area contributed by atoms with Crippen molar-refractivity contribution < 1.29 is 19.0 Å². The number of nitrogens with zero attached hydrogens (tertiary/aromatic N) is 3. The van der Waals surface area contributed by atoms with Gasteiger partial charge in [-0.05, 0) is 74.4 Å². The molecule has 0 N–H and O–H groups in total. The van der Waals surface area contributed by atoms with E-state index in [0.29, 0.717) is 32.1 Å². The van der Waals surface area contributed by atoms with Crippen LogP contribution in [0.5, 0.6) is 11.6 Å². The Morgan fingerprint density at radius 1 is 0.958 bits per heavy atom. The van der Waals surface area contributed by atoms with Crippen molar-refractivity contribution >= 4 is 80.0 Å². The molecule has 7 nitrogen and oxygen atoms in total. The fraction of sp³-hybridized carbons (Fsp3) is 0.250. The second-order valence-corrected chi connectivity index (χ2v) is 19.2. The molecule has 0 unspecified atom stereocenters. The number of hydrogen-bond donors (Lipinski definition) is 0. The Kier molecular flexibility index (Phi) is 12.3. The molecule has 0 aliphatic carbocycles. The predicted octanol–water partition coefficient (Wildman–Crippen LogP) is 9.77. The van der Waals surface area contributed by atoms with Crippen LogP contribution >= 0.6 is 41.5 Å². The van der Waals surface area contributed by atoms with Gasteiger partial charge in [-0.1, -0.05) is 36.4 Å². The number of carbonyl (C=O) groups is 1. The SMILES string of the molecule is CCOC(=O)C(C)(C)Cc1cc2cc(OCc3nc4ccccc4s3)ccc2n1Cc1ccc(-c2ccc(OC)nc2)cc1.[Cl][Al]([Cl])[Cl]. The van der Waals surface area contributed by atoms with Crippen molar-refractivity contribution in [1.29, 1.82) is 0 Å². The van der Waals surface area contributed by atoms with E-state index in [1.54, 1.807) is 18.4 Å². The number of pyridine rings is 1. The van der Waals surface area contributed by atoms with Gasteiger partial charge in [0, 0.05) is 47.4 Å². The van der Waals surface area contributed by atoms with Crippen molar-refractivity contribution in [2.45, 2.75) is 40.3 Å². The Morgan fingerprint density at radius 3 is 2.35 bits per heavy atom. The van der Waals surface area contributed by atoms with E-state index in [0.717, 1.165) is 54.3 Å². The molecule has 248 valence electrons. The summed E-state index contributed by atoms with van der Waals surface area (Å²) < 4.78 is 20.2. The van der Waals surface area contributed by atoms with Crippen LogP contribution in [-0.2, 0) is 29.1 Å². The third-order valence-electron chi connectivity index (χ3n) is 7.68. The Morgan fingerprint density at radius 2 is 1.69 bits per heavy atom. The summed E-state index contributed by atoms with van der Waals surface area (Å²) in [6, 6.07) is 28.8. The zero-order chi connectivity index (χ0) is 34.3. The van der Waals surface area contributed by atoms with Gasteiger partial charge in [-0.2, -0.15) is 0 Å². The fourth-order valence-electron chi connectivity index (χ4n) is 5.36. The van der Waals surface area contributed by atoms with Gasteiger partial charge in [0.15, 0.2) is 0 Å². The third kappa shape index (κ3) is 9.23. The maximum absolute atomic E-state index is 12.8.